The van der Waals surface area contributed by atoms with Gasteiger partial charge in [-0.2, -0.15) is 5.06 Å². The summed E-state index contributed by atoms with van der Waals surface area (Å²) in [6, 6.07) is 12.5. The van der Waals surface area contributed by atoms with Gasteiger partial charge in [0.05, 0.1) is 5.70 Å². The minimum absolute atomic E-state index is 0.184. The molecule has 1 unspecified atom stereocenters. The molecule has 1 aliphatic heterocycles. The number of primary amides is 1. The van der Waals surface area contributed by atoms with E-state index in [-0.39, 0.29) is 18.5 Å². The van der Waals surface area contributed by atoms with Gasteiger partial charge in [-0.25, -0.2) is 9.18 Å². The predicted molar refractivity (Wildman–Crippen MR) is 92.7 cm³/mol. The topological polar surface area (TPSA) is 87.8 Å². The van der Waals surface area contributed by atoms with E-state index in [2.05, 4.69) is 17.3 Å². The predicted octanol–water partition coefficient (Wildman–Crippen LogP) is 2.56. The van der Waals surface area contributed by atoms with Crippen LogP contribution in [0.25, 0.3) is 5.70 Å². The molecule has 1 aliphatic rings. The van der Waals surface area contributed by atoms with Crippen LogP contribution in [0, 0.1) is 17.7 Å². The van der Waals surface area contributed by atoms with E-state index in [4.69, 9.17) is 10.6 Å². The maximum absolute atomic E-state index is 13.0. The Morgan fingerprint density at radius 1 is 1.31 bits per heavy atom. The van der Waals surface area contributed by atoms with Gasteiger partial charge in [-0.05, 0) is 35.9 Å². The maximum Gasteiger partial charge on any atom is 0.339 e. The Balaban J connectivity index is 1.74. The molecule has 2 aromatic carbocycles. The zero-order valence-electron chi connectivity index (χ0n) is 13.6. The highest BCUT2D eigenvalue weighted by molar-refractivity contribution is 5.71. The Hall–Kier alpha value is -3.34. The van der Waals surface area contributed by atoms with Gasteiger partial charge in [-0.15, -0.1) is 0 Å². The first-order chi connectivity index (χ1) is 12.5. The smallest absolute Gasteiger partial charge is 0.339 e. The number of amides is 2. The zero-order valence-corrected chi connectivity index (χ0v) is 13.6. The van der Waals surface area contributed by atoms with Gasteiger partial charge in [0.2, 0.25) is 0 Å². The highest BCUT2D eigenvalue weighted by Crippen LogP contribution is 2.28. The Kier molecular flexibility index (Phi) is 5.17. The van der Waals surface area contributed by atoms with Crippen LogP contribution in [0.15, 0.2) is 54.6 Å². The minimum atomic E-state index is -0.961. The van der Waals surface area contributed by atoms with Crippen LogP contribution in [0.2, 0.25) is 0 Å². The molecule has 0 bridgehead atoms. The number of carbonyl (C=O) groups is 1. The second-order valence-electron chi connectivity index (χ2n) is 5.55. The largest absolute Gasteiger partial charge is 0.350 e. The molecule has 6 nitrogen and oxygen atoms in total. The van der Waals surface area contributed by atoms with Crippen LogP contribution >= 0.6 is 0 Å². The maximum atomic E-state index is 13.0. The Morgan fingerprint density at radius 2 is 2.08 bits per heavy atom. The van der Waals surface area contributed by atoms with Crippen molar-refractivity contribution in [2.45, 2.75) is 6.10 Å². The fourth-order valence-corrected chi connectivity index (χ4v) is 2.38. The van der Waals surface area contributed by atoms with Crippen LogP contribution in [0.3, 0.4) is 0 Å². The summed E-state index contributed by atoms with van der Waals surface area (Å²) >= 11 is 0. The van der Waals surface area contributed by atoms with Crippen LogP contribution in [-0.2, 0) is 4.84 Å². The Bertz CT molecular complexity index is 900. The normalized spacial score (nSPS) is 15.5. The third kappa shape index (κ3) is 4.19. The number of nitrogens with two attached hydrogens (primary N) is 1. The van der Waals surface area contributed by atoms with Gasteiger partial charge >= 0.3 is 6.03 Å². The molecule has 2 amide bonds. The molecule has 1 heterocycles. The number of rotatable bonds is 3. The Morgan fingerprint density at radius 3 is 2.81 bits per heavy atom. The van der Waals surface area contributed by atoms with Gasteiger partial charge < -0.3 is 5.73 Å². The number of hydroxylamine groups is 3. The molecule has 132 valence electrons. The molecule has 0 spiro atoms. The molecule has 26 heavy (non-hydrogen) atoms. The van der Waals surface area contributed by atoms with Gasteiger partial charge in [-0.3, -0.25) is 15.5 Å². The zero-order chi connectivity index (χ0) is 18.5. The summed E-state index contributed by atoms with van der Waals surface area (Å²) in [7, 11) is 0. The van der Waals surface area contributed by atoms with E-state index in [0.29, 0.717) is 10.6 Å². The molecule has 4 N–H and O–H groups in total. The van der Waals surface area contributed by atoms with Crippen molar-refractivity contribution < 1.29 is 19.2 Å². The molecular formula is C19H16FN3O3. The van der Waals surface area contributed by atoms with Crippen molar-refractivity contribution >= 4 is 11.7 Å². The number of nitrogens with zero attached hydrogens (tertiary/aromatic N) is 1. The highest BCUT2D eigenvalue weighted by Gasteiger charge is 2.19. The molecule has 0 fully saturated rings. The molecule has 0 aromatic heterocycles. The van der Waals surface area contributed by atoms with E-state index in [1.807, 2.05) is 24.3 Å². The van der Waals surface area contributed by atoms with Gasteiger partial charge in [-0.1, -0.05) is 36.1 Å². The molecule has 0 aliphatic carbocycles. The van der Waals surface area contributed by atoms with Crippen LogP contribution in [0.5, 0.6) is 0 Å². The number of benzene rings is 2. The number of carbonyl (C=O) groups excluding carboxylic acids is 1. The molecule has 0 saturated heterocycles. The second kappa shape index (κ2) is 7.70. The quantitative estimate of drug-likeness (QED) is 0.450. The fraction of sp³-hybridized carbons (Fsp3) is 0.105. The monoisotopic (exact) mass is 353 g/mol. The number of hydrogen-bond donors (Lipinski definition) is 3. The SMILES string of the molecule is NC(=O)N(O)CC#Cc1cccc(C2=CC(c3ccc(F)cc3)ON2)c1. The van der Waals surface area contributed by atoms with Crippen molar-refractivity contribution in [3.63, 3.8) is 0 Å². The van der Waals surface area contributed by atoms with Crippen molar-refractivity contribution in [1.82, 2.24) is 10.5 Å². The first kappa shape index (κ1) is 17.5. The first-order valence-electron chi connectivity index (χ1n) is 7.77. The molecule has 0 radical (unpaired) electrons. The van der Waals surface area contributed by atoms with Crippen molar-refractivity contribution in [1.29, 1.82) is 0 Å². The number of hydrogen-bond acceptors (Lipinski definition) is 4. The second-order valence-corrected chi connectivity index (χ2v) is 5.55. The van der Waals surface area contributed by atoms with E-state index in [0.717, 1.165) is 16.8 Å². The third-order valence-electron chi connectivity index (χ3n) is 3.70. The lowest BCUT2D eigenvalue weighted by atomic mass is 10.0. The average molecular weight is 353 g/mol. The van der Waals surface area contributed by atoms with Gasteiger partial charge in [0.1, 0.15) is 18.5 Å². The fourth-order valence-electron chi connectivity index (χ4n) is 2.38. The van der Waals surface area contributed by atoms with Crippen molar-refractivity contribution in [3.05, 3.63) is 77.1 Å². The van der Waals surface area contributed by atoms with Crippen molar-refractivity contribution in [3.8, 4) is 11.8 Å². The summed E-state index contributed by atoms with van der Waals surface area (Å²) in [5, 5.41) is 9.52. The summed E-state index contributed by atoms with van der Waals surface area (Å²) in [5.74, 6) is 5.21. The summed E-state index contributed by atoms with van der Waals surface area (Å²) < 4.78 is 13.0. The number of halogens is 1. The minimum Gasteiger partial charge on any atom is -0.350 e. The molecule has 0 saturated carbocycles. The molecular weight excluding hydrogens is 337 g/mol. The lowest BCUT2D eigenvalue weighted by Gasteiger charge is -2.07. The molecule has 1 atom stereocenters. The van der Waals surface area contributed by atoms with Gasteiger partial charge in [0.15, 0.2) is 0 Å². The van der Waals surface area contributed by atoms with E-state index in [1.165, 1.54) is 12.1 Å². The molecule has 3 rings (SSSR count). The number of urea groups is 1. The summed E-state index contributed by atoms with van der Waals surface area (Å²) in [6.45, 7) is -0.184. The lowest BCUT2D eigenvalue weighted by molar-refractivity contribution is -0.0269. The molecule has 2 aromatic rings. The average Bonchev–Trinajstić information content (AvgIpc) is 3.12. The van der Waals surface area contributed by atoms with E-state index < -0.39 is 6.03 Å². The summed E-state index contributed by atoms with van der Waals surface area (Å²) in [4.78, 5) is 16.2. The highest BCUT2D eigenvalue weighted by atomic mass is 19.1. The lowest BCUT2D eigenvalue weighted by Crippen LogP contribution is -2.32. The van der Waals surface area contributed by atoms with E-state index >= 15 is 0 Å². The van der Waals surface area contributed by atoms with E-state index in [1.54, 1.807) is 18.2 Å². The van der Waals surface area contributed by atoms with Crippen LogP contribution in [-0.4, -0.2) is 22.8 Å². The summed E-state index contributed by atoms with van der Waals surface area (Å²) in [5.41, 5.74) is 10.9. The van der Waals surface area contributed by atoms with Crippen molar-refractivity contribution in [2.24, 2.45) is 5.73 Å². The molecule has 7 heteroatoms. The van der Waals surface area contributed by atoms with Crippen LogP contribution < -0.4 is 11.2 Å². The Labute approximate surface area is 149 Å². The van der Waals surface area contributed by atoms with Crippen molar-refractivity contribution in [2.75, 3.05) is 6.54 Å². The van der Waals surface area contributed by atoms with Crippen LogP contribution in [0.4, 0.5) is 9.18 Å². The number of nitrogens with one attached hydrogen (secondary N) is 1. The first-order valence-corrected chi connectivity index (χ1v) is 7.77. The van der Waals surface area contributed by atoms with Gasteiger partial charge in [0.25, 0.3) is 0 Å². The summed E-state index contributed by atoms with van der Waals surface area (Å²) in [6.07, 6.45) is 1.57. The standard InChI is InChI=1S/C19H16FN3O3/c20-16-8-6-14(7-9-16)18-12-17(22-26-18)15-5-1-3-13(11-15)4-2-10-23(25)19(21)24/h1,3,5-9,11-12,18,22,25H,10H2,(H2,21,24). The van der Waals surface area contributed by atoms with E-state index in [9.17, 15) is 14.4 Å². The third-order valence-corrected chi connectivity index (χ3v) is 3.70. The van der Waals surface area contributed by atoms with Gasteiger partial charge in [0, 0.05) is 11.1 Å². The van der Waals surface area contributed by atoms with Crippen LogP contribution in [0.1, 0.15) is 22.8 Å².